The molecule has 2 heterocycles. The number of halogens is 2. The summed E-state index contributed by atoms with van der Waals surface area (Å²) in [6.07, 6.45) is 6.93. The number of ketones is 1. The smallest absolute Gasteiger partial charge is 0.173 e. The first-order valence-electron chi connectivity index (χ1n) is 10.8. The van der Waals surface area contributed by atoms with E-state index in [0.717, 1.165) is 19.5 Å². The summed E-state index contributed by atoms with van der Waals surface area (Å²) in [7, 11) is 0. The van der Waals surface area contributed by atoms with Crippen LogP contribution in [0.5, 0.6) is 0 Å². The summed E-state index contributed by atoms with van der Waals surface area (Å²) in [5.41, 5.74) is 1.16. The molecule has 4 rings (SSSR count). The van der Waals surface area contributed by atoms with Gasteiger partial charge in [-0.15, -0.1) is 0 Å². The number of carbonyl (C=O) groups is 1. The molecule has 0 aromatic heterocycles. The number of aliphatic hydroxyl groups is 1. The van der Waals surface area contributed by atoms with Crippen LogP contribution in [0.3, 0.4) is 0 Å². The number of fused-ring (bicyclic) bond motifs is 1. The Bertz CT molecular complexity index is 796. The number of piperidine rings is 1. The van der Waals surface area contributed by atoms with Gasteiger partial charge in [0.15, 0.2) is 5.78 Å². The largest absolute Gasteiger partial charge is 0.496 e. The van der Waals surface area contributed by atoms with Crippen LogP contribution in [-0.4, -0.2) is 47.1 Å². The van der Waals surface area contributed by atoms with E-state index in [-0.39, 0.29) is 23.7 Å². The minimum absolute atomic E-state index is 0.0525. The highest BCUT2D eigenvalue weighted by atomic mass is 35.5. The lowest BCUT2D eigenvalue weighted by Gasteiger charge is -2.46. The van der Waals surface area contributed by atoms with E-state index >= 15 is 0 Å². The third-order valence-electron chi connectivity index (χ3n) is 6.92. The minimum Gasteiger partial charge on any atom is -0.496 e. The number of hydrogen-bond acceptors (Lipinski definition) is 4. The average molecular weight is 438 g/mol. The number of likely N-dealkylation sites (tertiary alicyclic amines) is 1. The van der Waals surface area contributed by atoms with E-state index in [0.29, 0.717) is 40.1 Å². The van der Waals surface area contributed by atoms with Crippen molar-refractivity contribution in [3.63, 3.8) is 0 Å². The Morgan fingerprint density at radius 3 is 2.79 bits per heavy atom. The molecule has 0 amide bonds. The molecule has 4 nitrogen and oxygen atoms in total. The number of hydrogen-bond donors (Lipinski definition) is 1. The maximum atomic E-state index is 13.3. The van der Waals surface area contributed by atoms with E-state index in [9.17, 15) is 9.90 Å². The summed E-state index contributed by atoms with van der Waals surface area (Å²) < 4.78 is 6.14. The van der Waals surface area contributed by atoms with E-state index < -0.39 is 6.10 Å². The first-order chi connectivity index (χ1) is 14.0. The van der Waals surface area contributed by atoms with Crippen molar-refractivity contribution < 1.29 is 14.6 Å². The molecule has 1 saturated heterocycles. The van der Waals surface area contributed by atoms with E-state index in [1.807, 2.05) is 0 Å². The number of ether oxygens (including phenoxy) is 1. The molecule has 1 aliphatic carbocycles. The second kappa shape index (κ2) is 8.97. The Morgan fingerprint density at radius 1 is 1.21 bits per heavy atom. The van der Waals surface area contributed by atoms with Crippen LogP contribution in [0.25, 0.3) is 5.57 Å². The van der Waals surface area contributed by atoms with Crippen molar-refractivity contribution in [2.75, 3.05) is 13.1 Å². The second-order valence-electron chi connectivity index (χ2n) is 8.59. The van der Waals surface area contributed by atoms with Crippen molar-refractivity contribution >= 4 is 34.6 Å². The molecule has 5 atom stereocenters. The maximum absolute atomic E-state index is 13.3. The van der Waals surface area contributed by atoms with Gasteiger partial charge in [-0.25, -0.2) is 0 Å². The van der Waals surface area contributed by atoms with E-state index in [1.165, 1.54) is 19.3 Å². The lowest BCUT2D eigenvalue weighted by atomic mass is 9.71. The Balaban J connectivity index is 1.57. The van der Waals surface area contributed by atoms with Gasteiger partial charge in [0.1, 0.15) is 6.10 Å². The fraction of sp³-hybridized carbons (Fsp3) is 0.609. The van der Waals surface area contributed by atoms with E-state index in [1.54, 1.807) is 24.5 Å². The van der Waals surface area contributed by atoms with E-state index in [2.05, 4.69) is 11.8 Å². The summed E-state index contributed by atoms with van der Waals surface area (Å²) >= 11 is 12.3. The molecule has 158 valence electrons. The topological polar surface area (TPSA) is 49.8 Å². The van der Waals surface area contributed by atoms with Gasteiger partial charge in [0.05, 0.1) is 28.9 Å². The van der Waals surface area contributed by atoms with Gasteiger partial charge in [-0.3, -0.25) is 9.69 Å². The number of benzene rings is 1. The molecule has 1 N–H and O–H groups in total. The highest BCUT2D eigenvalue weighted by Crippen LogP contribution is 2.41. The van der Waals surface area contributed by atoms with Crippen molar-refractivity contribution in [3.05, 3.63) is 40.1 Å². The first kappa shape index (κ1) is 21.2. The Morgan fingerprint density at radius 2 is 2.03 bits per heavy atom. The standard InChI is InChI=1S/C23H29Cl2NO3/c1-2-15-5-3-4-10-26(15)12-18-21(27)9-8-17-22(28)19(13-29-23(17)18)16-7-6-14(24)11-20(16)25/h6-7,11,13,15,17-18,21,23,27H,2-5,8-10,12H2,1H3. The van der Waals surface area contributed by atoms with Gasteiger partial charge in [0.25, 0.3) is 0 Å². The van der Waals surface area contributed by atoms with Gasteiger partial charge in [-0.1, -0.05) is 42.6 Å². The third-order valence-corrected chi connectivity index (χ3v) is 7.47. The van der Waals surface area contributed by atoms with Gasteiger partial charge in [-0.05, 0) is 50.8 Å². The van der Waals surface area contributed by atoms with Crippen LogP contribution in [-0.2, 0) is 9.53 Å². The molecule has 0 radical (unpaired) electrons. The zero-order chi connectivity index (χ0) is 20.5. The van der Waals surface area contributed by atoms with Crippen LogP contribution in [0.2, 0.25) is 10.0 Å². The van der Waals surface area contributed by atoms with Crippen LogP contribution in [0.15, 0.2) is 24.5 Å². The maximum Gasteiger partial charge on any atom is 0.173 e. The lowest BCUT2D eigenvalue weighted by Crippen LogP contribution is -2.54. The van der Waals surface area contributed by atoms with Crippen molar-refractivity contribution in [2.45, 2.75) is 63.7 Å². The molecular weight excluding hydrogens is 409 g/mol. The number of aliphatic hydroxyl groups excluding tert-OH is 1. The summed E-state index contributed by atoms with van der Waals surface area (Å²) in [6, 6.07) is 5.72. The van der Waals surface area contributed by atoms with Crippen LogP contribution in [0, 0.1) is 11.8 Å². The molecule has 1 saturated carbocycles. The number of rotatable bonds is 4. The Kier molecular flexibility index (Phi) is 6.55. The van der Waals surface area contributed by atoms with Crippen molar-refractivity contribution in [1.82, 2.24) is 4.90 Å². The highest BCUT2D eigenvalue weighted by Gasteiger charge is 2.47. The Labute approximate surface area is 182 Å². The van der Waals surface area contributed by atoms with Gasteiger partial charge >= 0.3 is 0 Å². The second-order valence-corrected chi connectivity index (χ2v) is 9.43. The normalized spacial score (nSPS) is 33.0. The van der Waals surface area contributed by atoms with Gasteiger partial charge < -0.3 is 9.84 Å². The minimum atomic E-state index is -0.433. The summed E-state index contributed by atoms with van der Waals surface area (Å²) in [5.74, 6) is -0.226. The van der Waals surface area contributed by atoms with Gasteiger partial charge in [0, 0.05) is 29.1 Å². The average Bonchev–Trinajstić information content (AvgIpc) is 2.71. The summed E-state index contributed by atoms with van der Waals surface area (Å²) in [5, 5.41) is 11.8. The Hall–Kier alpha value is -1.07. The van der Waals surface area contributed by atoms with Crippen molar-refractivity contribution in [1.29, 1.82) is 0 Å². The van der Waals surface area contributed by atoms with Crippen molar-refractivity contribution in [3.8, 4) is 0 Å². The van der Waals surface area contributed by atoms with E-state index in [4.69, 9.17) is 27.9 Å². The molecular formula is C23H29Cl2NO3. The van der Waals surface area contributed by atoms with Crippen LogP contribution < -0.4 is 0 Å². The number of carbonyl (C=O) groups excluding carboxylic acids is 1. The van der Waals surface area contributed by atoms with Gasteiger partial charge in [0.2, 0.25) is 0 Å². The molecule has 2 fully saturated rings. The molecule has 5 unspecified atom stereocenters. The number of nitrogens with zero attached hydrogens (tertiary/aromatic N) is 1. The molecule has 1 aromatic carbocycles. The van der Waals surface area contributed by atoms with Crippen LogP contribution in [0.4, 0.5) is 0 Å². The molecule has 3 aliphatic rings. The molecule has 29 heavy (non-hydrogen) atoms. The monoisotopic (exact) mass is 437 g/mol. The van der Waals surface area contributed by atoms with Crippen molar-refractivity contribution in [2.24, 2.45) is 11.8 Å². The number of Topliss-reactive ketones (excluding diaryl/α,β-unsaturated/α-hetero) is 1. The first-order valence-corrected chi connectivity index (χ1v) is 11.5. The lowest BCUT2D eigenvalue weighted by molar-refractivity contribution is -0.134. The molecule has 6 heteroatoms. The highest BCUT2D eigenvalue weighted by molar-refractivity contribution is 6.37. The molecule has 2 aliphatic heterocycles. The molecule has 1 aromatic rings. The quantitative estimate of drug-likeness (QED) is 0.723. The third kappa shape index (κ3) is 4.23. The van der Waals surface area contributed by atoms with Gasteiger partial charge in [-0.2, -0.15) is 0 Å². The zero-order valence-corrected chi connectivity index (χ0v) is 18.3. The predicted molar refractivity (Wildman–Crippen MR) is 116 cm³/mol. The number of allylic oxidation sites excluding steroid dienone is 1. The summed E-state index contributed by atoms with van der Waals surface area (Å²) in [6.45, 7) is 4.09. The van der Waals surface area contributed by atoms with Crippen LogP contribution >= 0.6 is 23.2 Å². The van der Waals surface area contributed by atoms with Crippen LogP contribution in [0.1, 0.15) is 51.0 Å². The summed E-state index contributed by atoms with van der Waals surface area (Å²) in [4.78, 5) is 15.8. The zero-order valence-electron chi connectivity index (χ0n) is 16.8. The fourth-order valence-corrected chi connectivity index (χ4v) is 5.80. The molecule has 0 bridgehead atoms. The SMILES string of the molecule is CCC1CCCCN1CC1C(O)CCC2C(=O)C(c3ccc(Cl)cc3Cl)=COC21. The molecule has 0 spiro atoms. The predicted octanol–water partition coefficient (Wildman–Crippen LogP) is 4.95. The fourth-order valence-electron chi connectivity index (χ4n) is 5.29.